The fraction of sp³-hybridized carbons (Fsp3) is 0. The van der Waals surface area contributed by atoms with Crippen molar-refractivity contribution in [3.8, 4) is 23.0 Å². The molecule has 0 atom stereocenters. The standard InChI is InChI=1S/C20H12B2O4/c1-5-13-6-2-10-16-19(13)15(9-1)23-21(24-16)22-25-17-11-3-7-14-8-4-12-18(26-22)20(14)17/h1-12H. The topological polar surface area (TPSA) is 36.9 Å². The molecule has 0 N–H and O–H groups in total. The number of hydrogen-bond acceptors (Lipinski definition) is 4. The van der Waals surface area contributed by atoms with Gasteiger partial charge in [-0.2, -0.15) is 0 Å². The zero-order valence-electron chi connectivity index (χ0n) is 13.7. The summed E-state index contributed by atoms with van der Waals surface area (Å²) in [5.74, 6) is 3.11. The van der Waals surface area contributed by atoms with Crippen LogP contribution in [0.5, 0.6) is 23.0 Å². The van der Waals surface area contributed by atoms with Crippen molar-refractivity contribution in [1.82, 2.24) is 0 Å². The quantitative estimate of drug-likeness (QED) is 0.485. The average Bonchev–Trinajstić information content (AvgIpc) is 2.69. The minimum absolute atomic E-state index is 0.695. The molecule has 4 aromatic carbocycles. The van der Waals surface area contributed by atoms with E-state index in [-0.39, 0.29) is 0 Å². The molecule has 4 nitrogen and oxygen atoms in total. The molecule has 6 rings (SSSR count). The van der Waals surface area contributed by atoms with Gasteiger partial charge in [-0.3, -0.25) is 0 Å². The van der Waals surface area contributed by atoms with Crippen LogP contribution in [0.4, 0.5) is 0 Å². The molecule has 0 radical (unpaired) electrons. The minimum Gasteiger partial charge on any atom is -0.526 e. The van der Waals surface area contributed by atoms with Crippen molar-refractivity contribution < 1.29 is 18.6 Å². The van der Waals surface area contributed by atoms with E-state index in [0.717, 1.165) is 44.5 Å². The normalized spacial score (nSPS) is 14.5. The Morgan fingerprint density at radius 1 is 0.423 bits per heavy atom. The van der Waals surface area contributed by atoms with Gasteiger partial charge in [-0.05, 0) is 35.0 Å². The maximum Gasteiger partial charge on any atom is 0.658 e. The highest BCUT2D eigenvalue weighted by Gasteiger charge is 2.52. The van der Waals surface area contributed by atoms with Crippen LogP contribution >= 0.6 is 0 Å². The molecule has 4 aromatic rings. The van der Waals surface area contributed by atoms with Gasteiger partial charge in [-0.25, -0.2) is 0 Å². The van der Waals surface area contributed by atoms with Crippen LogP contribution in [0.25, 0.3) is 21.5 Å². The first kappa shape index (κ1) is 14.0. The predicted octanol–water partition coefficient (Wildman–Crippen LogP) is 4.29. The van der Waals surface area contributed by atoms with Crippen molar-refractivity contribution in [3.63, 3.8) is 0 Å². The van der Waals surface area contributed by atoms with E-state index in [1.807, 2.05) is 72.8 Å². The van der Waals surface area contributed by atoms with Crippen LogP contribution in [0.1, 0.15) is 0 Å². The van der Waals surface area contributed by atoms with E-state index in [1.54, 1.807) is 0 Å². The highest BCUT2D eigenvalue weighted by Crippen LogP contribution is 2.41. The van der Waals surface area contributed by atoms with E-state index in [4.69, 9.17) is 18.6 Å². The monoisotopic (exact) mass is 338 g/mol. The second-order valence-electron chi connectivity index (χ2n) is 6.43. The highest BCUT2D eigenvalue weighted by atomic mass is 16.7. The van der Waals surface area contributed by atoms with Gasteiger partial charge in [0.2, 0.25) is 0 Å². The molecular weight excluding hydrogens is 326 g/mol. The molecule has 2 aliphatic heterocycles. The number of hydrogen-bond donors (Lipinski definition) is 0. The first-order valence-electron chi connectivity index (χ1n) is 8.57. The molecule has 0 amide bonds. The van der Waals surface area contributed by atoms with Crippen LogP contribution in [-0.2, 0) is 0 Å². The van der Waals surface area contributed by atoms with Crippen molar-refractivity contribution in [2.45, 2.75) is 0 Å². The smallest absolute Gasteiger partial charge is 0.526 e. The van der Waals surface area contributed by atoms with E-state index in [2.05, 4.69) is 0 Å². The van der Waals surface area contributed by atoms with Gasteiger partial charge in [0.1, 0.15) is 23.0 Å². The molecular formula is C20H12B2O4. The molecule has 2 aliphatic rings. The summed E-state index contributed by atoms with van der Waals surface area (Å²) in [6, 6.07) is 23.8. The summed E-state index contributed by atoms with van der Waals surface area (Å²) in [6.07, 6.45) is 0. The van der Waals surface area contributed by atoms with E-state index in [9.17, 15) is 0 Å². The van der Waals surface area contributed by atoms with Gasteiger partial charge in [-0.1, -0.05) is 48.5 Å². The van der Waals surface area contributed by atoms with Crippen molar-refractivity contribution >= 4 is 35.6 Å². The van der Waals surface area contributed by atoms with E-state index in [1.165, 1.54) is 0 Å². The molecule has 6 heteroatoms. The Hall–Kier alpha value is -3.27. The molecule has 0 fully saturated rings. The Kier molecular flexibility index (Phi) is 2.75. The minimum atomic E-state index is -0.695. The van der Waals surface area contributed by atoms with Crippen LogP contribution < -0.4 is 18.6 Å². The molecule has 0 aliphatic carbocycles. The number of rotatable bonds is 1. The Morgan fingerprint density at radius 2 is 0.731 bits per heavy atom. The van der Waals surface area contributed by atoms with Gasteiger partial charge in [0.15, 0.2) is 0 Å². The Morgan fingerprint density at radius 3 is 1.04 bits per heavy atom. The molecule has 0 bridgehead atoms. The second kappa shape index (κ2) is 5.11. The first-order chi connectivity index (χ1) is 12.9. The lowest BCUT2D eigenvalue weighted by Gasteiger charge is -2.30. The van der Waals surface area contributed by atoms with Crippen LogP contribution in [-0.4, -0.2) is 14.0 Å². The third-order valence-corrected chi connectivity index (χ3v) is 4.85. The zero-order chi connectivity index (χ0) is 17.1. The summed E-state index contributed by atoms with van der Waals surface area (Å²) >= 11 is 0. The summed E-state index contributed by atoms with van der Waals surface area (Å²) in [7, 11) is -1.39. The maximum atomic E-state index is 6.08. The van der Waals surface area contributed by atoms with Crippen LogP contribution in [0.2, 0.25) is 0 Å². The maximum absolute atomic E-state index is 6.08. The third-order valence-electron chi connectivity index (χ3n) is 4.85. The lowest BCUT2D eigenvalue weighted by atomic mass is 9.47. The molecule has 0 saturated carbocycles. The highest BCUT2D eigenvalue weighted by molar-refractivity contribution is 7.12. The Balaban J connectivity index is 1.41. The van der Waals surface area contributed by atoms with Gasteiger partial charge in [0.25, 0.3) is 0 Å². The van der Waals surface area contributed by atoms with Gasteiger partial charge < -0.3 is 18.6 Å². The lowest BCUT2D eigenvalue weighted by molar-refractivity contribution is 0.378. The van der Waals surface area contributed by atoms with Crippen molar-refractivity contribution in [2.24, 2.45) is 0 Å². The largest absolute Gasteiger partial charge is 0.658 e. The molecule has 2 heterocycles. The van der Waals surface area contributed by atoms with Gasteiger partial charge >= 0.3 is 14.0 Å². The van der Waals surface area contributed by atoms with E-state index < -0.39 is 14.0 Å². The zero-order valence-corrected chi connectivity index (χ0v) is 13.7. The Bertz CT molecular complexity index is 1000. The molecule has 26 heavy (non-hydrogen) atoms. The van der Waals surface area contributed by atoms with E-state index in [0.29, 0.717) is 0 Å². The summed E-state index contributed by atoms with van der Waals surface area (Å²) in [5, 5.41) is 4.12. The third kappa shape index (κ3) is 1.93. The SMILES string of the molecule is c1cc2c3c(cccc3c1)OB(B1Oc3cccc4cccc(c34)O1)O2. The van der Waals surface area contributed by atoms with Crippen molar-refractivity contribution in [3.05, 3.63) is 72.8 Å². The molecule has 0 aromatic heterocycles. The fourth-order valence-corrected chi connectivity index (χ4v) is 3.71. The summed E-state index contributed by atoms with van der Waals surface area (Å²) in [6.45, 7) is 0. The lowest BCUT2D eigenvalue weighted by Crippen LogP contribution is -2.56. The van der Waals surface area contributed by atoms with Gasteiger partial charge in [-0.15, -0.1) is 0 Å². The second-order valence-corrected chi connectivity index (χ2v) is 6.43. The molecule has 0 saturated heterocycles. The number of benzene rings is 4. The molecule has 0 unspecified atom stereocenters. The first-order valence-corrected chi connectivity index (χ1v) is 8.57. The van der Waals surface area contributed by atoms with Gasteiger partial charge in [0.05, 0.1) is 10.8 Å². The Labute approximate surface area is 150 Å². The molecule has 0 spiro atoms. The average molecular weight is 338 g/mol. The van der Waals surface area contributed by atoms with Crippen LogP contribution in [0.15, 0.2) is 72.8 Å². The summed E-state index contributed by atoms with van der Waals surface area (Å²) in [4.78, 5) is 0. The summed E-state index contributed by atoms with van der Waals surface area (Å²) in [5.41, 5.74) is 0. The van der Waals surface area contributed by atoms with E-state index >= 15 is 0 Å². The summed E-state index contributed by atoms with van der Waals surface area (Å²) < 4.78 is 24.3. The van der Waals surface area contributed by atoms with Crippen LogP contribution in [0.3, 0.4) is 0 Å². The fourth-order valence-electron chi connectivity index (χ4n) is 3.71. The van der Waals surface area contributed by atoms with Crippen molar-refractivity contribution in [2.75, 3.05) is 0 Å². The van der Waals surface area contributed by atoms with Crippen LogP contribution in [0, 0.1) is 0 Å². The van der Waals surface area contributed by atoms with Crippen molar-refractivity contribution in [1.29, 1.82) is 0 Å². The molecule has 122 valence electrons. The van der Waals surface area contributed by atoms with Gasteiger partial charge in [0, 0.05) is 0 Å². The predicted molar refractivity (Wildman–Crippen MR) is 102 cm³/mol.